The van der Waals surface area contributed by atoms with E-state index in [0.29, 0.717) is 5.92 Å². The van der Waals surface area contributed by atoms with Crippen LogP contribution in [0.3, 0.4) is 0 Å². The van der Waals surface area contributed by atoms with Crippen molar-refractivity contribution >= 4 is 11.9 Å². The van der Waals surface area contributed by atoms with E-state index in [1.165, 1.54) is 6.42 Å². The fourth-order valence-electron chi connectivity index (χ4n) is 2.42. The molecule has 0 aromatic heterocycles. The third-order valence-electron chi connectivity index (χ3n) is 3.53. The van der Waals surface area contributed by atoms with Crippen LogP contribution in [0.15, 0.2) is 0 Å². The molecule has 0 aromatic rings. The first-order valence-corrected chi connectivity index (χ1v) is 6.81. The van der Waals surface area contributed by atoms with Gasteiger partial charge in [0.15, 0.2) is 6.04 Å². The first kappa shape index (κ1) is 15.0. The lowest BCUT2D eigenvalue weighted by Crippen LogP contribution is -2.50. The van der Waals surface area contributed by atoms with Gasteiger partial charge in [-0.25, -0.2) is 4.79 Å². The monoisotopic (exact) mass is 256 g/mol. The Hall–Kier alpha value is -1.10. The molecule has 1 aliphatic carbocycles. The average molecular weight is 256 g/mol. The van der Waals surface area contributed by atoms with E-state index in [0.717, 1.165) is 25.7 Å². The number of amides is 1. The van der Waals surface area contributed by atoms with Crippen molar-refractivity contribution in [1.29, 1.82) is 0 Å². The molecule has 3 unspecified atom stereocenters. The standard InChI is InChI=1S/C13H24N2O3/c1-3-9-6-5-7-10(8-9)15-12(16)11(14)13(17)18-4-2/h9-11H,3-8,14H2,1-2H3,(H,15,16). The number of esters is 1. The summed E-state index contributed by atoms with van der Waals surface area (Å²) in [6, 6.07) is -1.05. The molecule has 5 heteroatoms. The second kappa shape index (κ2) is 7.36. The second-order valence-corrected chi connectivity index (χ2v) is 4.88. The predicted molar refractivity (Wildman–Crippen MR) is 68.8 cm³/mol. The minimum absolute atomic E-state index is 0.150. The molecule has 18 heavy (non-hydrogen) atoms. The largest absolute Gasteiger partial charge is 0.464 e. The Kier molecular flexibility index (Phi) is 6.12. The number of carbonyl (C=O) groups excluding carboxylic acids is 2. The van der Waals surface area contributed by atoms with Crippen molar-refractivity contribution in [3.05, 3.63) is 0 Å². The normalized spacial score (nSPS) is 25.3. The van der Waals surface area contributed by atoms with Crippen LogP contribution >= 0.6 is 0 Å². The van der Waals surface area contributed by atoms with Gasteiger partial charge in [0.1, 0.15) is 0 Å². The predicted octanol–water partition coefficient (Wildman–Crippen LogP) is 0.962. The highest BCUT2D eigenvalue weighted by atomic mass is 16.5. The smallest absolute Gasteiger partial charge is 0.332 e. The highest BCUT2D eigenvalue weighted by molar-refractivity contribution is 6.01. The maximum Gasteiger partial charge on any atom is 0.332 e. The summed E-state index contributed by atoms with van der Waals surface area (Å²) in [6.07, 6.45) is 5.44. The number of hydrogen-bond donors (Lipinski definition) is 2. The summed E-state index contributed by atoms with van der Waals surface area (Å²) in [4.78, 5) is 23.1. The van der Waals surface area contributed by atoms with Gasteiger partial charge in [-0.2, -0.15) is 0 Å². The van der Waals surface area contributed by atoms with E-state index in [1.807, 2.05) is 0 Å². The van der Waals surface area contributed by atoms with E-state index < -0.39 is 17.9 Å². The molecule has 1 amide bonds. The first-order valence-electron chi connectivity index (χ1n) is 6.81. The zero-order valence-corrected chi connectivity index (χ0v) is 11.3. The van der Waals surface area contributed by atoms with E-state index in [9.17, 15) is 9.59 Å². The number of ether oxygens (including phenoxy) is 1. The molecule has 1 rings (SSSR count). The Morgan fingerprint density at radius 2 is 2.11 bits per heavy atom. The highest BCUT2D eigenvalue weighted by Gasteiger charge is 2.28. The van der Waals surface area contributed by atoms with Crippen LogP contribution in [0, 0.1) is 5.92 Å². The third-order valence-corrected chi connectivity index (χ3v) is 3.53. The van der Waals surface area contributed by atoms with E-state index in [2.05, 4.69) is 12.2 Å². The average Bonchev–Trinajstić information content (AvgIpc) is 2.38. The second-order valence-electron chi connectivity index (χ2n) is 4.88. The number of hydrogen-bond acceptors (Lipinski definition) is 4. The van der Waals surface area contributed by atoms with Gasteiger partial charge >= 0.3 is 5.97 Å². The van der Waals surface area contributed by atoms with E-state index >= 15 is 0 Å². The molecule has 0 aromatic carbocycles. The van der Waals surface area contributed by atoms with Gasteiger partial charge in [-0.3, -0.25) is 4.79 Å². The van der Waals surface area contributed by atoms with Crippen LogP contribution in [-0.2, 0) is 14.3 Å². The van der Waals surface area contributed by atoms with Crippen LogP contribution < -0.4 is 11.1 Å². The maximum atomic E-state index is 11.8. The molecule has 1 aliphatic rings. The molecule has 5 nitrogen and oxygen atoms in total. The molecule has 104 valence electrons. The SMILES string of the molecule is CCOC(=O)C(N)C(=O)NC1CCCC(CC)C1. The summed E-state index contributed by atoms with van der Waals surface area (Å²) in [5, 5.41) is 2.86. The van der Waals surface area contributed by atoms with Crippen LogP contribution in [0.4, 0.5) is 0 Å². The van der Waals surface area contributed by atoms with Crippen molar-refractivity contribution in [2.24, 2.45) is 11.7 Å². The Balaban J connectivity index is 2.41. The lowest BCUT2D eigenvalue weighted by molar-refractivity contribution is -0.148. The van der Waals surface area contributed by atoms with E-state index in [4.69, 9.17) is 10.5 Å². The molecule has 0 heterocycles. The van der Waals surface area contributed by atoms with Crippen LogP contribution in [-0.4, -0.2) is 30.6 Å². The summed E-state index contributed by atoms with van der Waals surface area (Å²) in [5.74, 6) is -0.407. The van der Waals surface area contributed by atoms with Gasteiger partial charge in [0.2, 0.25) is 5.91 Å². The fraction of sp³-hybridized carbons (Fsp3) is 0.846. The minimum Gasteiger partial charge on any atom is -0.464 e. The molecular weight excluding hydrogens is 232 g/mol. The van der Waals surface area contributed by atoms with Crippen LogP contribution in [0.25, 0.3) is 0 Å². The van der Waals surface area contributed by atoms with Gasteiger partial charge in [0, 0.05) is 6.04 Å². The molecule has 0 radical (unpaired) electrons. The van der Waals surface area contributed by atoms with Crippen molar-refractivity contribution in [1.82, 2.24) is 5.32 Å². The molecule has 0 bridgehead atoms. The molecule has 3 atom stereocenters. The number of rotatable bonds is 5. The number of carbonyl (C=O) groups is 2. The first-order chi connectivity index (χ1) is 8.58. The quantitative estimate of drug-likeness (QED) is 0.567. The highest BCUT2D eigenvalue weighted by Crippen LogP contribution is 2.26. The van der Waals surface area contributed by atoms with Gasteiger partial charge in [-0.05, 0) is 25.7 Å². The van der Waals surface area contributed by atoms with Crippen LogP contribution in [0.1, 0.15) is 46.0 Å². The van der Waals surface area contributed by atoms with Crippen molar-refractivity contribution in [2.45, 2.75) is 58.0 Å². The molecular formula is C13H24N2O3. The molecule has 1 fully saturated rings. The molecule has 3 N–H and O–H groups in total. The van der Waals surface area contributed by atoms with Gasteiger partial charge in [0.05, 0.1) is 6.61 Å². The summed E-state index contributed by atoms with van der Waals surface area (Å²) >= 11 is 0. The Morgan fingerprint density at radius 1 is 1.39 bits per heavy atom. The van der Waals surface area contributed by atoms with Gasteiger partial charge < -0.3 is 15.8 Å². The number of nitrogens with one attached hydrogen (secondary N) is 1. The fourth-order valence-corrected chi connectivity index (χ4v) is 2.42. The summed E-state index contributed by atoms with van der Waals surface area (Å²) in [7, 11) is 0. The van der Waals surface area contributed by atoms with Gasteiger partial charge in [-0.15, -0.1) is 0 Å². The van der Waals surface area contributed by atoms with Gasteiger partial charge in [-0.1, -0.05) is 26.2 Å². The summed E-state index contributed by atoms with van der Waals surface area (Å²) < 4.78 is 4.73. The maximum absolute atomic E-state index is 11.8. The molecule has 1 saturated carbocycles. The van der Waals surface area contributed by atoms with E-state index in [-0.39, 0.29) is 12.6 Å². The van der Waals surface area contributed by atoms with Crippen molar-refractivity contribution < 1.29 is 14.3 Å². The van der Waals surface area contributed by atoms with Crippen LogP contribution in [0.5, 0.6) is 0 Å². The van der Waals surface area contributed by atoms with Gasteiger partial charge in [0.25, 0.3) is 0 Å². The Morgan fingerprint density at radius 3 is 2.72 bits per heavy atom. The van der Waals surface area contributed by atoms with Crippen molar-refractivity contribution in [3.8, 4) is 0 Å². The van der Waals surface area contributed by atoms with Crippen molar-refractivity contribution in [3.63, 3.8) is 0 Å². The Bertz CT molecular complexity index is 294. The summed E-state index contributed by atoms with van der Waals surface area (Å²) in [5.41, 5.74) is 5.54. The molecule has 0 aliphatic heterocycles. The Labute approximate surface area is 108 Å². The lowest BCUT2D eigenvalue weighted by atomic mass is 9.84. The molecule has 0 spiro atoms. The van der Waals surface area contributed by atoms with Crippen LogP contribution in [0.2, 0.25) is 0 Å². The minimum atomic E-state index is -1.20. The summed E-state index contributed by atoms with van der Waals surface area (Å²) in [6.45, 7) is 4.09. The topological polar surface area (TPSA) is 81.4 Å². The lowest BCUT2D eigenvalue weighted by Gasteiger charge is -2.29. The van der Waals surface area contributed by atoms with Crippen molar-refractivity contribution in [2.75, 3.05) is 6.61 Å². The number of nitrogens with two attached hydrogens (primary N) is 1. The van der Waals surface area contributed by atoms with E-state index in [1.54, 1.807) is 6.92 Å². The third kappa shape index (κ3) is 4.29. The zero-order valence-electron chi connectivity index (χ0n) is 11.3. The zero-order chi connectivity index (χ0) is 13.5. The molecule has 0 saturated heterocycles.